The Morgan fingerprint density at radius 3 is 1.47 bits per heavy atom. The Hall–Kier alpha value is -6.56. The molecule has 5 heterocycles. The van der Waals surface area contributed by atoms with Crippen molar-refractivity contribution >= 4 is 63.5 Å². The summed E-state index contributed by atoms with van der Waals surface area (Å²) < 4.78 is 4.74. The molecule has 0 aliphatic carbocycles. The molecule has 0 saturated heterocycles. The van der Waals surface area contributed by atoms with Crippen LogP contribution >= 0.6 is 0 Å². The monoisotopic (exact) mass is 666 g/mol. The molecule has 0 atom stereocenters. The molecule has 0 saturated carbocycles. The molecule has 0 bridgehead atoms. The van der Waals surface area contributed by atoms with Gasteiger partial charge in [0.25, 0.3) is 0 Å². The molecule has 0 spiro atoms. The summed E-state index contributed by atoms with van der Waals surface area (Å²) in [4.78, 5) is 9.71. The van der Waals surface area contributed by atoms with Crippen molar-refractivity contribution in [2.24, 2.45) is 0 Å². The molecule has 6 aromatic carbocycles. The minimum Gasteiger partial charge on any atom is -0.309 e. The van der Waals surface area contributed by atoms with Gasteiger partial charge in [-0.15, -0.1) is 0 Å². The summed E-state index contributed by atoms with van der Waals surface area (Å²) in [6.45, 7) is 0. The molecule has 238 valence electrons. The largest absolute Gasteiger partial charge is 0.309 e. The number of nitrogens with zero attached hydrogens (tertiary/aromatic N) is 4. The average molecular weight is 667 g/mol. The van der Waals surface area contributed by atoms with E-state index in [2.05, 4.69) is 180 Å². The molecule has 0 amide bonds. The van der Waals surface area contributed by atoms with E-state index >= 15 is 0 Å². The Morgan fingerprint density at radius 2 is 0.863 bits per heavy atom. The van der Waals surface area contributed by atoms with Gasteiger partial charge in [-0.25, -0.2) is 0 Å². The lowest BCUT2D eigenvalue weighted by Gasteiger charge is -2.12. The second-order valence-electron chi connectivity index (χ2n) is 13.5. The predicted molar refractivity (Wildman–Crippen MR) is 215 cm³/mol. The van der Waals surface area contributed by atoms with Crippen LogP contribution in [0.15, 0.2) is 170 Å². The number of aromatic nitrogens is 4. The van der Waals surface area contributed by atoms with Gasteiger partial charge in [-0.1, -0.05) is 84.9 Å². The number of fused-ring (bicyclic) bond motifs is 9. The molecule has 1 aliphatic rings. The lowest BCUT2D eigenvalue weighted by Crippen LogP contribution is -2.23. The first-order chi connectivity index (χ1) is 25.3. The molecule has 0 N–H and O–H groups in total. The molecule has 0 unspecified atom stereocenters. The van der Waals surface area contributed by atoms with Crippen LogP contribution in [0.3, 0.4) is 0 Å². The molecule has 0 radical (unpaired) electrons. The van der Waals surface area contributed by atoms with Crippen molar-refractivity contribution in [3.63, 3.8) is 0 Å². The highest BCUT2D eigenvalue weighted by Gasteiger charge is 2.27. The Bertz CT molecular complexity index is 2990. The van der Waals surface area contributed by atoms with Crippen LogP contribution in [0.1, 0.15) is 0 Å². The molecule has 4 nitrogen and oxygen atoms in total. The first-order valence-corrected chi connectivity index (χ1v) is 18.9. The fourth-order valence-corrected chi connectivity index (χ4v) is 10.6. The predicted octanol–water partition coefficient (Wildman–Crippen LogP) is 9.10. The normalized spacial score (nSPS) is 12.7. The second kappa shape index (κ2) is 11.0. The van der Waals surface area contributed by atoms with Crippen LogP contribution in [-0.4, -0.2) is 28.6 Å². The van der Waals surface area contributed by atoms with E-state index < -0.39 is 9.52 Å². The molecular weight excluding hydrogens is 637 g/mol. The molecule has 5 heteroatoms. The van der Waals surface area contributed by atoms with Gasteiger partial charge in [-0.2, -0.15) is 0 Å². The average Bonchev–Trinajstić information content (AvgIpc) is 3.86. The van der Waals surface area contributed by atoms with Gasteiger partial charge < -0.3 is 9.13 Å². The Morgan fingerprint density at radius 1 is 0.392 bits per heavy atom. The quantitative estimate of drug-likeness (QED) is 0.176. The number of para-hydroxylation sites is 4. The highest BCUT2D eigenvalue weighted by molar-refractivity contribution is 6.75. The number of hydrogen-bond donors (Lipinski definition) is 0. The van der Waals surface area contributed by atoms with E-state index in [1.54, 1.807) is 0 Å². The smallest absolute Gasteiger partial charge is 0.0921 e. The number of benzene rings is 6. The Balaban J connectivity index is 1.07. The van der Waals surface area contributed by atoms with E-state index in [0.717, 1.165) is 0 Å². The minimum atomic E-state index is -0.806. The summed E-state index contributed by atoms with van der Waals surface area (Å²) in [6.07, 6.45) is 8.32. The first-order valence-electron chi connectivity index (χ1n) is 17.4. The fraction of sp³-hybridized carbons (Fsp3) is 0. The van der Waals surface area contributed by atoms with Gasteiger partial charge in [0.05, 0.1) is 31.6 Å². The van der Waals surface area contributed by atoms with Crippen LogP contribution in [-0.2, 0) is 0 Å². The summed E-state index contributed by atoms with van der Waals surface area (Å²) in [5.74, 6) is 0. The van der Waals surface area contributed by atoms with Crippen LogP contribution in [0, 0.1) is 0 Å². The summed E-state index contributed by atoms with van der Waals surface area (Å²) >= 11 is 0. The third kappa shape index (κ3) is 4.19. The van der Waals surface area contributed by atoms with Crippen molar-refractivity contribution in [1.82, 2.24) is 19.1 Å². The summed E-state index contributed by atoms with van der Waals surface area (Å²) in [6, 6.07) is 52.6. The van der Waals surface area contributed by atoms with Crippen LogP contribution in [0.5, 0.6) is 0 Å². The highest BCUT2D eigenvalue weighted by Crippen LogP contribution is 2.39. The Kier molecular flexibility index (Phi) is 6.09. The van der Waals surface area contributed by atoms with Crippen molar-refractivity contribution in [3.05, 3.63) is 170 Å². The number of hydrogen-bond acceptors (Lipinski definition) is 2. The van der Waals surface area contributed by atoms with E-state index in [1.165, 1.54) is 98.7 Å². The van der Waals surface area contributed by atoms with E-state index in [0.29, 0.717) is 0 Å². The van der Waals surface area contributed by atoms with Crippen molar-refractivity contribution in [1.29, 1.82) is 0 Å². The first kappa shape index (κ1) is 28.3. The molecule has 10 aromatic rings. The van der Waals surface area contributed by atoms with Gasteiger partial charge >= 0.3 is 0 Å². The van der Waals surface area contributed by atoms with Crippen molar-refractivity contribution in [2.45, 2.75) is 0 Å². The molecule has 4 aromatic heterocycles. The van der Waals surface area contributed by atoms with Crippen LogP contribution in [0.2, 0.25) is 0 Å². The molecule has 11 rings (SSSR count). The van der Waals surface area contributed by atoms with E-state index in [-0.39, 0.29) is 0 Å². The molecule has 1 aliphatic heterocycles. The second-order valence-corrected chi connectivity index (χ2v) is 15.3. The van der Waals surface area contributed by atoms with Gasteiger partial charge in [0.15, 0.2) is 0 Å². The van der Waals surface area contributed by atoms with Crippen LogP contribution in [0.4, 0.5) is 0 Å². The van der Waals surface area contributed by atoms with Crippen molar-refractivity contribution in [3.8, 4) is 44.8 Å². The number of pyridine rings is 2. The molecule has 0 fully saturated rings. The number of rotatable bonds is 4. The van der Waals surface area contributed by atoms with Gasteiger partial charge in [0.1, 0.15) is 0 Å². The third-order valence-corrected chi connectivity index (χ3v) is 12.7. The van der Waals surface area contributed by atoms with Crippen LogP contribution < -0.4 is 10.4 Å². The summed E-state index contributed by atoms with van der Waals surface area (Å²) in [5.41, 5.74) is 14.5. The lowest BCUT2D eigenvalue weighted by atomic mass is 9.94. The zero-order valence-electron chi connectivity index (χ0n) is 27.7. The minimum absolute atomic E-state index is 0.806. The zero-order chi connectivity index (χ0) is 33.5. The van der Waals surface area contributed by atoms with E-state index in [1.807, 2.05) is 0 Å². The van der Waals surface area contributed by atoms with Crippen LogP contribution in [0.25, 0.3) is 88.4 Å². The van der Waals surface area contributed by atoms with Crippen molar-refractivity contribution < 1.29 is 0 Å². The SMILES string of the molecule is c1ccc(-n2c3ccccc3c3cc(-c4cncc5c4[SiH2]c4cncc(-c6ccc7c(c6)c6ccccc6n7-c6ccccc6)c4-5)ccc32)cc1. The topological polar surface area (TPSA) is 35.6 Å². The standard InChI is InChI=1S/C46H30N4Si/c1-3-11-31(12-4-1)49-40-17-9-7-15-33(40)35-23-29(19-21-42(35)49)37-25-48-28-44-45(37)39-27-47-26-38(46(39)51-44)30-20-22-43-36(24-30)34-16-8-10-18-41(34)50(43)32-13-5-2-6-14-32/h1-28H,51H2. The highest BCUT2D eigenvalue weighted by atomic mass is 28.2. The maximum absolute atomic E-state index is 4.88. The summed E-state index contributed by atoms with van der Waals surface area (Å²) in [5, 5.41) is 7.84. The van der Waals surface area contributed by atoms with Gasteiger partial charge in [-0.05, 0) is 93.3 Å². The summed E-state index contributed by atoms with van der Waals surface area (Å²) in [7, 11) is -0.806. The fourth-order valence-electron chi connectivity index (χ4n) is 8.50. The molecule has 51 heavy (non-hydrogen) atoms. The van der Waals surface area contributed by atoms with Gasteiger partial charge in [0, 0.05) is 68.8 Å². The third-order valence-electron chi connectivity index (χ3n) is 10.7. The van der Waals surface area contributed by atoms with Crippen molar-refractivity contribution in [2.75, 3.05) is 0 Å². The maximum Gasteiger partial charge on any atom is 0.0921 e. The Labute approximate surface area is 296 Å². The zero-order valence-corrected chi connectivity index (χ0v) is 29.1. The van der Waals surface area contributed by atoms with Gasteiger partial charge in [-0.3, -0.25) is 9.97 Å². The maximum atomic E-state index is 4.88. The van der Waals surface area contributed by atoms with E-state index in [9.17, 15) is 0 Å². The molecular formula is C46H30N4Si. The lowest BCUT2D eigenvalue weighted by molar-refractivity contribution is 1.18. The van der Waals surface area contributed by atoms with E-state index in [4.69, 9.17) is 9.97 Å². The van der Waals surface area contributed by atoms with Gasteiger partial charge in [0.2, 0.25) is 0 Å².